The maximum atomic E-state index is 6.37. The maximum absolute atomic E-state index is 6.37. The van der Waals surface area contributed by atoms with Crippen LogP contribution in [0.2, 0.25) is 0 Å². The van der Waals surface area contributed by atoms with Gasteiger partial charge in [-0.2, -0.15) is 0 Å². The Labute approximate surface area is 110 Å². The Balaban J connectivity index is 2.27. The van der Waals surface area contributed by atoms with Crippen molar-refractivity contribution in [3.63, 3.8) is 0 Å². The van der Waals surface area contributed by atoms with Gasteiger partial charge in [-0.15, -0.1) is 0 Å². The first kappa shape index (κ1) is 12.8. The van der Waals surface area contributed by atoms with E-state index in [9.17, 15) is 0 Å². The van der Waals surface area contributed by atoms with Gasteiger partial charge in [0.1, 0.15) is 0 Å². The van der Waals surface area contributed by atoms with Crippen molar-refractivity contribution >= 4 is 0 Å². The lowest BCUT2D eigenvalue weighted by Crippen LogP contribution is -2.15. The zero-order valence-corrected chi connectivity index (χ0v) is 11.4. The fraction of sp³-hybridized carbons (Fsp3) is 0.294. The Morgan fingerprint density at radius 3 is 2.00 bits per heavy atom. The van der Waals surface area contributed by atoms with Gasteiger partial charge in [0.15, 0.2) is 0 Å². The SMILES string of the molecule is Cc1ccccc1C(N)Cc1c(C)cccc1C. The smallest absolute Gasteiger partial charge is 0.0338 e. The Bertz CT molecular complexity index is 523. The van der Waals surface area contributed by atoms with Crippen molar-refractivity contribution in [1.82, 2.24) is 0 Å². The predicted molar refractivity (Wildman–Crippen MR) is 77.7 cm³/mol. The van der Waals surface area contributed by atoms with Gasteiger partial charge in [-0.25, -0.2) is 0 Å². The molecule has 0 heterocycles. The number of rotatable bonds is 3. The van der Waals surface area contributed by atoms with E-state index in [0.29, 0.717) is 0 Å². The summed E-state index contributed by atoms with van der Waals surface area (Å²) in [6.07, 6.45) is 0.906. The van der Waals surface area contributed by atoms with Crippen LogP contribution >= 0.6 is 0 Å². The molecule has 0 fully saturated rings. The van der Waals surface area contributed by atoms with Gasteiger partial charge in [-0.05, 0) is 55.0 Å². The van der Waals surface area contributed by atoms with Crippen LogP contribution < -0.4 is 5.73 Å². The molecule has 1 nitrogen and oxygen atoms in total. The average Bonchev–Trinajstić information content (AvgIpc) is 2.34. The van der Waals surface area contributed by atoms with Gasteiger partial charge >= 0.3 is 0 Å². The zero-order valence-electron chi connectivity index (χ0n) is 11.4. The highest BCUT2D eigenvalue weighted by Gasteiger charge is 2.12. The molecule has 1 unspecified atom stereocenters. The van der Waals surface area contributed by atoms with Gasteiger partial charge in [0.05, 0.1) is 0 Å². The third-order valence-corrected chi connectivity index (χ3v) is 3.66. The molecule has 0 aliphatic rings. The lowest BCUT2D eigenvalue weighted by atomic mass is 9.92. The Morgan fingerprint density at radius 2 is 1.39 bits per heavy atom. The molecule has 2 N–H and O–H groups in total. The number of benzene rings is 2. The summed E-state index contributed by atoms with van der Waals surface area (Å²) in [6.45, 7) is 6.44. The molecule has 0 aliphatic heterocycles. The molecular formula is C17H21N. The van der Waals surface area contributed by atoms with Gasteiger partial charge in [0.25, 0.3) is 0 Å². The summed E-state index contributed by atoms with van der Waals surface area (Å²) in [4.78, 5) is 0. The number of hydrogen-bond acceptors (Lipinski definition) is 1. The molecule has 2 rings (SSSR count). The monoisotopic (exact) mass is 239 g/mol. The molecule has 0 radical (unpaired) electrons. The molecule has 2 aromatic carbocycles. The summed E-state index contributed by atoms with van der Waals surface area (Å²) in [5.41, 5.74) is 12.9. The minimum Gasteiger partial charge on any atom is -0.324 e. The van der Waals surface area contributed by atoms with Crippen LogP contribution in [0.4, 0.5) is 0 Å². The molecule has 1 heteroatoms. The van der Waals surface area contributed by atoms with E-state index in [1.54, 1.807) is 0 Å². The van der Waals surface area contributed by atoms with Crippen molar-refractivity contribution in [2.75, 3.05) is 0 Å². The van der Waals surface area contributed by atoms with Crippen molar-refractivity contribution in [1.29, 1.82) is 0 Å². The first-order valence-corrected chi connectivity index (χ1v) is 6.46. The molecule has 0 saturated carbocycles. The number of hydrogen-bond donors (Lipinski definition) is 1. The van der Waals surface area contributed by atoms with Gasteiger partial charge in [-0.1, -0.05) is 42.5 Å². The van der Waals surface area contributed by atoms with Crippen LogP contribution in [-0.4, -0.2) is 0 Å². The van der Waals surface area contributed by atoms with Crippen LogP contribution in [0.25, 0.3) is 0 Å². The largest absolute Gasteiger partial charge is 0.324 e. The molecule has 0 amide bonds. The highest BCUT2D eigenvalue weighted by atomic mass is 14.6. The molecule has 0 aliphatic carbocycles. The van der Waals surface area contributed by atoms with Crippen LogP contribution in [0.1, 0.15) is 33.9 Å². The molecular weight excluding hydrogens is 218 g/mol. The molecule has 0 saturated heterocycles. The average molecular weight is 239 g/mol. The third-order valence-electron chi connectivity index (χ3n) is 3.66. The normalized spacial score (nSPS) is 12.4. The number of aryl methyl sites for hydroxylation is 3. The van der Waals surface area contributed by atoms with Crippen molar-refractivity contribution < 1.29 is 0 Å². The van der Waals surface area contributed by atoms with Gasteiger partial charge in [0, 0.05) is 6.04 Å². The summed E-state index contributed by atoms with van der Waals surface area (Å²) < 4.78 is 0. The van der Waals surface area contributed by atoms with Crippen molar-refractivity contribution in [2.24, 2.45) is 5.73 Å². The van der Waals surface area contributed by atoms with E-state index in [1.807, 2.05) is 0 Å². The van der Waals surface area contributed by atoms with E-state index >= 15 is 0 Å². The van der Waals surface area contributed by atoms with E-state index in [-0.39, 0.29) is 6.04 Å². The molecule has 18 heavy (non-hydrogen) atoms. The maximum Gasteiger partial charge on any atom is 0.0338 e. The Hall–Kier alpha value is -1.60. The van der Waals surface area contributed by atoms with Crippen molar-refractivity contribution in [3.8, 4) is 0 Å². The minimum atomic E-state index is 0.0750. The van der Waals surface area contributed by atoms with Gasteiger partial charge < -0.3 is 5.73 Å². The van der Waals surface area contributed by atoms with Crippen LogP contribution in [0.3, 0.4) is 0 Å². The lowest BCUT2D eigenvalue weighted by Gasteiger charge is -2.17. The summed E-state index contributed by atoms with van der Waals surface area (Å²) in [7, 11) is 0. The molecule has 2 aromatic rings. The summed E-state index contributed by atoms with van der Waals surface area (Å²) in [5, 5.41) is 0. The second-order valence-corrected chi connectivity index (χ2v) is 5.04. The van der Waals surface area contributed by atoms with E-state index in [0.717, 1.165) is 6.42 Å². The molecule has 94 valence electrons. The van der Waals surface area contributed by atoms with E-state index in [4.69, 9.17) is 5.73 Å². The Kier molecular flexibility index (Phi) is 3.83. The predicted octanol–water partition coefficient (Wildman–Crippen LogP) is 3.85. The van der Waals surface area contributed by atoms with Gasteiger partial charge in [0.2, 0.25) is 0 Å². The first-order chi connectivity index (χ1) is 8.59. The zero-order chi connectivity index (χ0) is 13.1. The van der Waals surface area contributed by atoms with Crippen LogP contribution in [0.15, 0.2) is 42.5 Å². The highest BCUT2D eigenvalue weighted by molar-refractivity contribution is 5.36. The van der Waals surface area contributed by atoms with Crippen molar-refractivity contribution in [2.45, 2.75) is 33.2 Å². The van der Waals surface area contributed by atoms with Gasteiger partial charge in [-0.3, -0.25) is 0 Å². The lowest BCUT2D eigenvalue weighted by molar-refractivity contribution is 0.710. The molecule has 0 spiro atoms. The second kappa shape index (κ2) is 5.36. The van der Waals surface area contributed by atoms with Crippen LogP contribution in [-0.2, 0) is 6.42 Å². The topological polar surface area (TPSA) is 26.0 Å². The minimum absolute atomic E-state index is 0.0750. The fourth-order valence-electron chi connectivity index (χ4n) is 2.50. The molecule has 0 aromatic heterocycles. The quantitative estimate of drug-likeness (QED) is 0.865. The fourth-order valence-corrected chi connectivity index (χ4v) is 2.50. The highest BCUT2D eigenvalue weighted by Crippen LogP contribution is 2.23. The van der Waals surface area contributed by atoms with E-state index in [2.05, 4.69) is 63.2 Å². The van der Waals surface area contributed by atoms with Crippen LogP contribution in [0, 0.1) is 20.8 Å². The molecule has 0 bridgehead atoms. The molecule has 1 atom stereocenters. The summed E-state index contributed by atoms with van der Waals surface area (Å²) >= 11 is 0. The second-order valence-electron chi connectivity index (χ2n) is 5.04. The Morgan fingerprint density at radius 1 is 0.833 bits per heavy atom. The standard InChI is InChI=1S/C17H21N/c1-12-7-4-5-10-15(12)17(18)11-16-13(2)8-6-9-14(16)3/h4-10,17H,11,18H2,1-3H3. The first-order valence-electron chi connectivity index (χ1n) is 6.46. The van der Waals surface area contributed by atoms with Crippen molar-refractivity contribution in [3.05, 3.63) is 70.3 Å². The van der Waals surface area contributed by atoms with E-state index in [1.165, 1.54) is 27.8 Å². The summed E-state index contributed by atoms with van der Waals surface area (Å²) in [5.74, 6) is 0. The van der Waals surface area contributed by atoms with Crippen LogP contribution in [0.5, 0.6) is 0 Å². The third kappa shape index (κ3) is 2.62. The summed E-state index contributed by atoms with van der Waals surface area (Å²) in [6, 6.07) is 14.9. The number of nitrogens with two attached hydrogens (primary N) is 1. The van der Waals surface area contributed by atoms with E-state index < -0.39 is 0 Å².